The van der Waals surface area contributed by atoms with Crippen LogP contribution >= 0.6 is 15.6 Å². The van der Waals surface area contributed by atoms with Crippen LogP contribution in [0.15, 0.2) is 11.1 Å². The predicted octanol–water partition coefficient (Wildman–Crippen LogP) is -3.17. The van der Waals surface area contributed by atoms with Crippen molar-refractivity contribution in [3.8, 4) is 0 Å². The first-order chi connectivity index (χ1) is 13.2. The van der Waals surface area contributed by atoms with E-state index in [9.17, 15) is 19.0 Å². The molecule has 0 unspecified atom stereocenters. The minimum atomic E-state index is -5.25. The van der Waals surface area contributed by atoms with E-state index in [-0.39, 0.29) is 17.1 Å². The Morgan fingerprint density at radius 1 is 1.31 bits per heavy atom. The van der Waals surface area contributed by atoms with E-state index >= 15 is 0 Å². The summed E-state index contributed by atoms with van der Waals surface area (Å²) in [5, 5.41) is 10.7. The number of aliphatic hydroxyl groups is 1. The Balaban J connectivity index is 2.04. The van der Waals surface area contributed by atoms with Gasteiger partial charge in [0.05, 0.1) is 12.9 Å². The van der Waals surface area contributed by atoms with Crippen LogP contribution < -0.4 is 17.0 Å². The van der Waals surface area contributed by atoms with E-state index in [1.165, 1.54) is 0 Å². The van der Waals surface area contributed by atoms with Gasteiger partial charge in [-0.1, -0.05) is 0 Å². The number of phosphoric acid groups is 2. The Hall–Kier alpha value is -1.75. The molecule has 0 radical (unpaired) electrons. The third-order valence-corrected chi connectivity index (χ3v) is 4.84. The average Bonchev–Trinajstić information content (AvgIpc) is 3.04. The van der Waals surface area contributed by atoms with Crippen molar-refractivity contribution >= 4 is 32.8 Å². The lowest BCUT2D eigenvalue weighted by molar-refractivity contribution is -0.102. The molecule has 10 N–H and O–H groups in total. The maximum absolute atomic E-state index is 11.9. The molecule has 17 nitrogen and oxygen atoms in total. The van der Waals surface area contributed by atoms with Crippen LogP contribution in [-0.4, -0.2) is 68.7 Å². The highest BCUT2D eigenvalue weighted by atomic mass is 31.2. The van der Waals surface area contributed by atoms with Gasteiger partial charge >= 0.3 is 15.6 Å². The van der Waals surface area contributed by atoms with Crippen LogP contribution in [0, 0.1) is 0 Å². The highest BCUT2D eigenvalue weighted by molar-refractivity contribution is 7.46. The number of hydrogen-bond donors (Lipinski definition) is 8. The summed E-state index contributed by atoms with van der Waals surface area (Å²) in [5.41, 5.74) is 7.41. The summed E-state index contributed by atoms with van der Waals surface area (Å²) >= 11 is 0. The van der Waals surface area contributed by atoms with Crippen LogP contribution in [0.3, 0.4) is 0 Å². The number of aromatic amines is 1. The minimum absolute atomic E-state index is 0.202. The molecule has 29 heavy (non-hydrogen) atoms. The molecule has 0 amide bonds. The van der Waals surface area contributed by atoms with Crippen molar-refractivity contribution in [2.75, 3.05) is 12.3 Å². The molecule has 3 heterocycles. The average molecular weight is 458 g/mol. The first-order valence-corrected chi connectivity index (χ1v) is 10.6. The van der Waals surface area contributed by atoms with Crippen molar-refractivity contribution < 1.29 is 47.6 Å². The summed E-state index contributed by atoms with van der Waals surface area (Å²) in [5.74, 6) is -0.313. The number of phosphoric ester groups is 2. The van der Waals surface area contributed by atoms with Crippen LogP contribution in [0.2, 0.25) is 0 Å². The maximum atomic E-state index is 11.9. The van der Waals surface area contributed by atoms with Crippen LogP contribution in [-0.2, 0) is 22.9 Å². The van der Waals surface area contributed by atoms with E-state index in [1.807, 2.05) is 0 Å². The van der Waals surface area contributed by atoms with Gasteiger partial charge in [-0.3, -0.25) is 29.1 Å². The number of H-pyrrole nitrogens is 1. The van der Waals surface area contributed by atoms with Crippen molar-refractivity contribution in [2.24, 2.45) is 5.73 Å². The quantitative estimate of drug-likeness (QED) is 0.157. The van der Waals surface area contributed by atoms with Gasteiger partial charge in [-0.05, 0) is 0 Å². The Morgan fingerprint density at radius 3 is 2.55 bits per heavy atom. The summed E-state index contributed by atoms with van der Waals surface area (Å²) in [6, 6.07) is 0. The lowest BCUT2D eigenvalue weighted by atomic mass is 10.1. The fraction of sp³-hybridized carbons (Fsp3) is 0.500. The molecule has 0 saturated carbocycles. The molecule has 1 fully saturated rings. The minimum Gasteiger partial charge on any atom is -0.369 e. The number of rotatable bonds is 6. The second-order valence-corrected chi connectivity index (χ2v) is 8.42. The van der Waals surface area contributed by atoms with Crippen LogP contribution in [0.25, 0.3) is 11.2 Å². The molecular formula is C10H16N6O11P2. The molecule has 0 aromatic carbocycles. The third-order valence-electron chi connectivity index (χ3n) is 3.85. The molecule has 4 atom stereocenters. The van der Waals surface area contributed by atoms with Crippen molar-refractivity contribution in [3.63, 3.8) is 0 Å². The summed E-state index contributed by atoms with van der Waals surface area (Å²) in [4.78, 5) is 57.6. The van der Waals surface area contributed by atoms with Crippen LogP contribution in [0.4, 0.5) is 5.95 Å². The Labute approximate surface area is 159 Å². The zero-order valence-corrected chi connectivity index (χ0v) is 15.9. The molecule has 0 bridgehead atoms. The maximum Gasteiger partial charge on any atom is 0.470 e. The highest BCUT2D eigenvalue weighted by Crippen LogP contribution is 2.48. The molecule has 2 aromatic heterocycles. The first kappa shape index (κ1) is 21.9. The predicted molar refractivity (Wildman–Crippen MR) is 90.5 cm³/mol. The fourth-order valence-corrected chi connectivity index (χ4v) is 3.73. The molecule has 2 aromatic rings. The van der Waals surface area contributed by atoms with Gasteiger partial charge in [0.1, 0.15) is 12.2 Å². The lowest BCUT2D eigenvalue weighted by Crippen LogP contribution is -2.55. The second-order valence-electron chi connectivity index (χ2n) is 5.99. The molecule has 3 rings (SSSR count). The fourth-order valence-electron chi connectivity index (χ4n) is 2.78. The van der Waals surface area contributed by atoms with Crippen LogP contribution in [0.5, 0.6) is 0 Å². The Bertz CT molecular complexity index is 1070. The summed E-state index contributed by atoms with van der Waals surface area (Å²) in [6.07, 6.45) is -4.41. The number of aromatic nitrogens is 4. The number of nitrogens with one attached hydrogen (secondary N) is 1. The van der Waals surface area contributed by atoms with Gasteiger partial charge in [-0.15, -0.1) is 0 Å². The molecule has 1 aliphatic rings. The normalized spacial score (nSPS) is 28.3. The number of anilines is 1. The topological polar surface area (TPSA) is 279 Å². The molecule has 1 saturated heterocycles. The summed E-state index contributed by atoms with van der Waals surface area (Å²) in [6.45, 7) is -0.965. The number of ether oxygens (including phenoxy) is 1. The molecule has 162 valence electrons. The van der Waals surface area contributed by atoms with Crippen molar-refractivity contribution in [1.82, 2.24) is 19.5 Å². The molecule has 0 aliphatic carbocycles. The number of hydrogen-bond acceptors (Lipinski definition) is 11. The number of nitrogens with zero attached hydrogens (tertiary/aromatic N) is 3. The van der Waals surface area contributed by atoms with Crippen molar-refractivity contribution in [1.29, 1.82) is 0 Å². The molecule has 1 aliphatic heterocycles. The van der Waals surface area contributed by atoms with Gasteiger partial charge in [-0.25, -0.2) is 14.1 Å². The summed E-state index contributed by atoms with van der Waals surface area (Å²) in [7, 11) is -10.3. The third kappa shape index (κ3) is 4.55. The van der Waals surface area contributed by atoms with Crippen molar-refractivity contribution in [2.45, 2.75) is 24.2 Å². The van der Waals surface area contributed by atoms with E-state index in [1.54, 1.807) is 0 Å². The van der Waals surface area contributed by atoms with Gasteiger partial charge < -0.3 is 35.2 Å². The second kappa shape index (κ2) is 7.19. The zero-order valence-electron chi connectivity index (χ0n) is 14.1. The number of fused-ring (bicyclic) bond motifs is 1. The first-order valence-electron chi connectivity index (χ1n) is 7.52. The standard InChI is InChI=1S/C10H16N6O11P2/c11-9-14-6-4(7(17)15-9)13-2-16(6)8-10(12,18)5(27-29(22,23)24)3(26-8)1-25-28(19,20)21/h2-3,5,8,18H,1,12H2,(H2,19,20,21)(H2,22,23,24)(H3,11,14,15,17)/t3-,5-,8-,10-/m1/s1. The van der Waals surface area contributed by atoms with Crippen molar-refractivity contribution in [3.05, 3.63) is 16.7 Å². The van der Waals surface area contributed by atoms with E-state index in [0.717, 1.165) is 10.9 Å². The van der Waals surface area contributed by atoms with Gasteiger partial charge in [0.2, 0.25) is 5.95 Å². The monoisotopic (exact) mass is 458 g/mol. The highest BCUT2D eigenvalue weighted by Gasteiger charge is 2.58. The van der Waals surface area contributed by atoms with E-state index in [0.29, 0.717) is 0 Å². The van der Waals surface area contributed by atoms with E-state index in [4.69, 9.17) is 35.8 Å². The Morgan fingerprint density at radius 2 is 1.97 bits per heavy atom. The molecule has 0 spiro atoms. The summed E-state index contributed by atoms with van der Waals surface area (Å²) < 4.78 is 37.3. The van der Waals surface area contributed by atoms with E-state index < -0.39 is 52.0 Å². The lowest BCUT2D eigenvalue weighted by Gasteiger charge is -2.29. The van der Waals surface area contributed by atoms with Crippen LogP contribution in [0.1, 0.15) is 6.23 Å². The largest absolute Gasteiger partial charge is 0.470 e. The van der Waals surface area contributed by atoms with Gasteiger partial charge in [-0.2, -0.15) is 4.98 Å². The van der Waals surface area contributed by atoms with Gasteiger partial charge in [0, 0.05) is 0 Å². The molecular weight excluding hydrogens is 442 g/mol. The SMILES string of the molecule is Nc1nc2c(ncn2[C@@H]2O[C@H](COP(=O)(O)O)[C@@H](OP(=O)(O)O)[C@@]2(N)O)c(=O)[nH]1. The number of nitrogen functional groups attached to an aromatic ring is 1. The van der Waals surface area contributed by atoms with Gasteiger partial charge in [0.15, 0.2) is 23.1 Å². The van der Waals surface area contributed by atoms with Gasteiger partial charge in [0.25, 0.3) is 5.56 Å². The smallest absolute Gasteiger partial charge is 0.369 e. The Kier molecular flexibility index (Phi) is 5.44. The van der Waals surface area contributed by atoms with E-state index in [2.05, 4.69) is 24.0 Å². The number of nitrogens with two attached hydrogens (primary N) is 2. The molecule has 19 heteroatoms. The zero-order chi connectivity index (χ0) is 21.8. The number of imidazole rings is 1.